The lowest BCUT2D eigenvalue weighted by Gasteiger charge is -2.42. The van der Waals surface area contributed by atoms with Gasteiger partial charge in [-0.1, -0.05) is 0 Å². The highest BCUT2D eigenvalue weighted by Crippen LogP contribution is 2.24. The molecular formula is C11H22N2O. The van der Waals surface area contributed by atoms with Crippen molar-refractivity contribution in [2.75, 3.05) is 33.7 Å². The van der Waals surface area contributed by atoms with Crippen LogP contribution in [0.2, 0.25) is 0 Å². The van der Waals surface area contributed by atoms with E-state index in [1.807, 2.05) is 0 Å². The highest BCUT2D eigenvalue weighted by Gasteiger charge is 2.33. The molecule has 1 rings (SSSR count). The zero-order chi connectivity index (χ0) is 10.8. The summed E-state index contributed by atoms with van der Waals surface area (Å²) < 4.78 is 0. The molecule has 0 spiro atoms. The van der Waals surface area contributed by atoms with Crippen LogP contribution in [0.15, 0.2) is 0 Å². The maximum absolute atomic E-state index is 11.3. The zero-order valence-corrected chi connectivity index (χ0v) is 9.84. The fraction of sp³-hybridized carbons (Fsp3) is 0.909. The van der Waals surface area contributed by atoms with Crippen molar-refractivity contribution >= 4 is 5.78 Å². The number of nitrogens with zero attached hydrogens (tertiary/aromatic N) is 2. The Balaban J connectivity index is 2.47. The molecule has 0 amide bonds. The fourth-order valence-corrected chi connectivity index (χ4v) is 1.98. The Hall–Kier alpha value is -0.410. The van der Waals surface area contributed by atoms with Crippen LogP contribution in [0, 0.1) is 0 Å². The van der Waals surface area contributed by atoms with Crippen molar-refractivity contribution < 1.29 is 4.79 Å². The van der Waals surface area contributed by atoms with Gasteiger partial charge in [-0.2, -0.15) is 0 Å². The second-order valence-corrected chi connectivity index (χ2v) is 5.07. The van der Waals surface area contributed by atoms with E-state index in [9.17, 15) is 4.79 Å². The molecule has 0 aromatic heterocycles. The van der Waals surface area contributed by atoms with Gasteiger partial charge in [0, 0.05) is 38.0 Å². The standard InChI is InChI=1S/C11H22N2O/c1-11(2)9-10(14)5-6-13(11)8-7-12(3)4/h5-9H2,1-4H3. The number of rotatable bonds is 3. The summed E-state index contributed by atoms with van der Waals surface area (Å²) in [6, 6.07) is 0. The quantitative estimate of drug-likeness (QED) is 0.675. The number of likely N-dealkylation sites (tertiary alicyclic amines) is 1. The molecule has 1 aliphatic heterocycles. The van der Waals surface area contributed by atoms with E-state index in [2.05, 4.69) is 37.7 Å². The van der Waals surface area contributed by atoms with Gasteiger partial charge in [0.05, 0.1) is 0 Å². The van der Waals surface area contributed by atoms with E-state index in [0.29, 0.717) is 12.2 Å². The number of carbonyl (C=O) groups excluding carboxylic acids is 1. The van der Waals surface area contributed by atoms with Crippen LogP contribution in [0.5, 0.6) is 0 Å². The number of hydrogen-bond acceptors (Lipinski definition) is 3. The van der Waals surface area contributed by atoms with Gasteiger partial charge in [0.25, 0.3) is 0 Å². The summed E-state index contributed by atoms with van der Waals surface area (Å²) in [6.07, 6.45) is 1.44. The smallest absolute Gasteiger partial charge is 0.136 e. The van der Waals surface area contributed by atoms with E-state index in [0.717, 1.165) is 26.1 Å². The molecule has 1 aliphatic rings. The Morgan fingerprint density at radius 3 is 2.57 bits per heavy atom. The summed E-state index contributed by atoms with van der Waals surface area (Å²) in [5, 5.41) is 0. The molecule has 0 radical (unpaired) electrons. The summed E-state index contributed by atoms with van der Waals surface area (Å²) in [5.74, 6) is 0.413. The molecule has 1 fully saturated rings. The number of carbonyl (C=O) groups is 1. The molecule has 0 aromatic rings. The number of likely N-dealkylation sites (N-methyl/N-ethyl adjacent to an activating group) is 1. The first kappa shape index (κ1) is 11.7. The second kappa shape index (κ2) is 4.41. The monoisotopic (exact) mass is 198 g/mol. The lowest BCUT2D eigenvalue weighted by Crippen LogP contribution is -2.52. The number of ketones is 1. The van der Waals surface area contributed by atoms with Gasteiger partial charge in [0.15, 0.2) is 0 Å². The molecule has 1 saturated heterocycles. The Morgan fingerprint density at radius 1 is 1.43 bits per heavy atom. The van der Waals surface area contributed by atoms with Gasteiger partial charge in [0.2, 0.25) is 0 Å². The summed E-state index contributed by atoms with van der Waals surface area (Å²) in [5.41, 5.74) is 0.0609. The summed E-state index contributed by atoms with van der Waals surface area (Å²) >= 11 is 0. The first-order valence-electron chi connectivity index (χ1n) is 5.33. The Bertz CT molecular complexity index is 211. The SMILES string of the molecule is CN(C)CCN1CCC(=O)CC1(C)C. The molecule has 3 nitrogen and oxygen atoms in total. The highest BCUT2D eigenvalue weighted by molar-refractivity contribution is 5.80. The van der Waals surface area contributed by atoms with Crippen molar-refractivity contribution in [3.63, 3.8) is 0 Å². The summed E-state index contributed by atoms with van der Waals surface area (Å²) in [4.78, 5) is 15.9. The number of Topliss-reactive ketones (excluding diaryl/α,β-unsaturated/α-hetero) is 1. The Morgan fingerprint density at radius 2 is 2.07 bits per heavy atom. The average molecular weight is 198 g/mol. The molecular weight excluding hydrogens is 176 g/mol. The molecule has 0 atom stereocenters. The Labute approximate surface area is 87.1 Å². The lowest BCUT2D eigenvalue weighted by molar-refractivity contribution is -0.125. The van der Waals surface area contributed by atoms with Crippen molar-refractivity contribution in [3.8, 4) is 0 Å². The van der Waals surface area contributed by atoms with Crippen molar-refractivity contribution in [1.82, 2.24) is 9.80 Å². The van der Waals surface area contributed by atoms with Crippen molar-refractivity contribution in [2.45, 2.75) is 32.2 Å². The minimum atomic E-state index is 0.0609. The third-order valence-corrected chi connectivity index (χ3v) is 2.96. The van der Waals surface area contributed by atoms with E-state index >= 15 is 0 Å². The van der Waals surface area contributed by atoms with Crippen molar-refractivity contribution in [2.24, 2.45) is 0 Å². The summed E-state index contributed by atoms with van der Waals surface area (Å²) in [7, 11) is 4.17. The molecule has 1 heterocycles. The maximum Gasteiger partial charge on any atom is 0.136 e. The Kier molecular flexibility index (Phi) is 3.67. The molecule has 0 saturated carbocycles. The minimum absolute atomic E-state index is 0.0609. The van der Waals surface area contributed by atoms with Gasteiger partial charge in [-0.05, 0) is 27.9 Å². The van der Waals surface area contributed by atoms with Crippen LogP contribution < -0.4 is 0 Å². The molecule has 0 aliphatic carbocycles. The van der Waals surface area contributed by atoms with Gasteiger partial charge >= 0.3 is 0 Å². The number of hydrogen-bond donors (Lipinski definition) is 0. The van der Waals surface area contributed by atoms with Crippen molar-refractivity contribution in [1.29, 1.82) is 0 Å². The van der Waals surface area contributed by atoms with Crippen LogP contribution in [0.4, 0.5) is 0 Å². The van der Waals surface area contributed by atoms with Crippen LogP contribution in [0.25, 0.3) is 0 Å². The molecule has 82 valence electrons. The highest BCUT2D eigenvalue weighted by atomic mass is 16.1. The van der Waals surface area contributed by atoms with Gasteiger partial charge in [-0.25, -0.2) is 0 Å². The van der Waals surface area contributed by atoms with Crippen LogP contribution in [-0.2, 0) is 4.79 Å². The predicted molar refractivity (Wildman–Crippen MR) is 58.4 cm³/mol. The molecule has 0 N–H and O–H groups in total. The van der Waals surface area contributed by atoms with Crippen LogP contribution in [0.3, 0.4) is 0 Å². The van der Waals surface area contributed by atoms with Crippen molar-refractivity contribution in [3.05, 3.63) is 0 Å². The largest absolute Gasteiger partial charge is 0.308 e. The van der Waals surface area contributed by atoms with Crippen LogP contribution in [0.1, 0.15) is 26.7 Å². The number of piperidine rings is 1. The van der Waals surface area contributed by atoms with Gasteiger partial charge < -0.3 is 4.90 Å². The van der Waals surface area contributed by atoms with E-state index < -0.39 is 0 Å². The third-order valence-electron chi connectivity index (χ3n) is 2.96. The third kappa shape index (κ3) is 3.07. The predicted octanol–water partition coefficient (Wildman–Crippen LogP) is 0.991. The van der Waals surface area contributed by atoms with Gasteiger partial charge in [-0.3, -0.25) is 9.69 Å². The molecule has 0 unspecified atom stereocenters. The topological polar surface area (TPSA) is 23.6 Å². The summed E-state index contributed by atoms with van der Waals surface area (Å²) in [6.45, 7) is 7.39. The van der Waals surface area contributed by atoms with Gasteiger partial charge in [0.1, 0.15) is 5.78 Å². The second-order valence-electron chi connectivity index (χ2n) is 5.07. The van der Waals surface area contributed by atoms with E-state index in [1.54, 1.807) is 0 Å². The van der Waals surface area contributed by atoms with Crippen LogP contribution in [-0.4, -0.2) is 54.9 Å². The first-order valence-corrected chi connectivity index (χ1v) is 5.33. The molecule has 0 bridgehead atoms. The van der Waals surface area contributed by atoms with E-state index in [4.69, 9.17) is 0 Å². The molecule has 3 heteroatoms. The molecule has 0 aromatic carbocycles. The molecule has 14 heavy (non-hydrogen) atoms. The maximum atomic E-state index is 11.3. The average Bonchev–Trinajstić information content (AvgIpc) is 2.00. The zero-order valence-electron chi connectivity index (χ0n) is 9.84. The fourth-order valence-electron chi connectivity index (χ4n) is 1.98. The lowest BCUT2D eigenvalue weighted by atomic mass is 9.89. The van der Waals surface area contributed by atoms with E-state index in [1.165, 1.54) is 0 Å². The van der Waals surface area contributed by atoms with E-state index in [-0.39, 0.29) is 5.54 Å². The first-order chi connectivity index (χ1) is 6.42. The van der Waals surface area contributed by atoms with Gasteiger partial charge in [-0.15, -0.1) is 0 Å². The van der Waals surface area contributed by atoms with Crippen LogP contribution >= 0.6 is 0 Å². The minimum Gasteiger partial charge on any atom is -0.308 e. The normalized spacial score (nSPS) is 23.1.